The number of hydrogen-bond donors (Lipinski definition) is 2. The van der Waals surface area contributed by atoms with Crippen molar-refractivity contribution in [1.82, 2.24) is 5.32 Å². The Morgan fingerprint density at radius 2 is 2.00 bits per heavy atom. The summed E-state index contributed by atoms with van der Waals surface area (Å²) in [6.45, 7) is 4.00. The highest BCUT2D eigenvalue weighted by Crippen LogP contribution is 2.28. The summed E-state index contributed by atoms with van der Waals surface area (Å²) >= 11 is 0. The van der Waals surface area contributed by atoms with Gasteiger partial charge in [0.2, 0.25) is 0 Å². The average molecular weight is 385 g/mol. The molecule has 1 aromatic carbocycles. The minimum Gasteiger partial charge on any atom is -0.378 e. The molecule has 2 aliphatic heterocycles. The summed E-state index contributed by atoms with van der Waals surface area (Å²) < 4.78 is 43.0. The van der Waals surface area contributed by atoms with Crippen LogP contribution in [0.1, 0.15) is 19.8 Å². The van der Waals surface area contributed by atoms with Crippen LogP contribution in [0, 0.1) is 5.82 Å². The molecule has 1 aromatic rings. The molecule has 9 heteroatoms. The van der Waals surface area contributed by atoms with Crippen molar-refractivity contribution < 1.29 is 22.3 Å². The van der Waals surface area contributed by atoms with Gasteiger partial charge in [-0.2, -0.15) is 0 Å². The molecule has 2 N–H and O–H groups in total. The van der Waals surface area contributed by atoms with Gasteiger partial charge in [0.25, 0.3) is 0 Å². The molecule has 2 atom stereocenters. The number of carbonyl (C=O) groups is 1. The molecule has 0 saturated carbocycles. The van der Waals surface area contributed by atoms with Gasteiger partial charge in [0.1, 0.15) is 5.82 Å². The molecule has 2 fully saturated rings. The van der Waals surface area contributed by atoms with Gasteiger partial charge in [-0.3, -0.25) is 0 Å². The number of nitrogens with zero attached hydrogens (tertiary/aromatic N) is 1. The first kappa shape index (κ1) is 18.9. The van der Waals surface area contributed by atoms with Gasteiger partial charge in [-0.05, 0) is 38.0 Å². The van der Waals surface area contributed by atoms with Gasteiger partial charge in [-0.25, -0.2) is 17.6 Å². The lowest BCUT2D eigenvalue weighted by Crippen LogP contribution is -2.47. The molecule has 0 aliphatic carbocycles. The molecule has 2 unspecified atom stereocenters. The lowest BCUT2D eigenvalue weighted by molar-refractivity contribution is 0.122. The predicted octanol–water partition coefficient (Wildman–Crippen LogP) is 1.75. The van der Waals surface area contributed by atoms with Crippen LogP contribution in [-0.2, 0) is 14.6 Å². The Kier molecular flexibility index (Phi) is 5.67. The number of amides is 2. The first-order valence-electron chi connectivity index (χ1n) is 8.76. The Bertz CT molecular complexity index is 765. The molecule has 3 rings (SSSR count). The number of carbonyl (C=O) groups excluding carboxylic acids is 1. The molecule has 144 valence electrons. The molecule has 0 radical (unpaired) electrons. The van der Waals surface area contributed by atoms with E-state index in [1.807, 2.05) is 4.90 Å². The monoisotopic (exact) mass is 385 g/mol. The van der Waals surface area contributed by atoms with E-state index < -0.39 is 21.9 Å². The SMILES string of the molecule is CC1CCC(NC(=O)Nc2ccc(F)cc2N2CCOCC2)CS1(=O)=O. The zero-order valence-electron chi connectivity index (χ0n) is 14.7. The largest absolute Gasteiger partial charge is 0.378 e. The quantitative estimate of drug-likeness (QED) is 0.828. The zero-order valence-corrected chi connectivity index (χ0v) is 15.5. The summed E-state index contributed by atoms with van der Waals surface area (Å²) in [6, 6.07) is 3.28. The number of morpholine rings is 1. The maximum absolute atomic E-state index is 13.7. The van der Waals surface area contributed by atoms with Gasteiger partial charge in [0.15, 0.2) is 9.84 Å². The first-order chi connectivity index (χ1) is 12.3. The second-order valence-corrected chi connectivity index (χ2v) is 9.24. The number of rotatable bonds is 3. The summed E-state index contributed by atoms with van der Waals surface area (Å²) in [6.07, 6.45) is 1.15. The highest BCUT2D eigenvalue weighted by atomic mass is 32.2. The van der Waals surface area contributed by atoms with Gasteiger partial charge in [-0.1, -0.05) is 0 Å². The van der Waals surface area contributed by atoms with Gasteiger partial charge in [0.05, 0.1) is 35.6 Å². The fraction of sp³-hybridized carbons (Fsp3) is 0.588. The Balaban J connectivity index is 1.67. The Labute approximate surface area is 152 Å². The van der Waals surface area contributed by atoms with Crippen molar-refractivity contribution in [3.63, 3.8) is 0 Å². The number of ether oxygens (including phenoxy) is 1. The summed E-state index contributed by atoms with van der Waals surface area (Å²) in [4.78, 5) is 14.3. The number of benzene rings is 1. The van der Waals surface area contributed by atoms with Crippen LogP contribution in [0.5, 0.6) is 0 Å². The molecule has 7 nitrogen and oxygen atoms in total. The molecule has 26 heavy (non-hydrogen) atoms. The molecule has 0 bridgehead atoms. The van der Waals surface area contributed by atoms with Crippen molar-refractivity contribution in [2.45, 2.75) is 31.1 Å². The van der Waals surface area contributed by atoms with Crippen molar-refractivity contribution in [3.05, 3.63) is 24.0 Å². The van der Waals surface area contributed by atoms with Gasteiger partial charge in [0, 0.05) is 19.1 Å². The van der Waals surface area contributed by atoms with E-state index >= 15 is 0 Å². The zero-order chi connectivity index (χ0) is 18.7. The molecule has 0 aromatic heterocycles. The van der Waals surface area contributed by atoms with E-state index in [0.29, 0.717) is 50.5 Å². The highest BCUT2D eigenvalue weighted by molar-refractivity contribution is 7.92. The fourth-order valence-corrected chi connectivity index (χ4v) is 4.91. The summed E-state index contributed by atoms with van der Waals surface area (Å²) in [5.74, 6) is -0.439. The predicted molar refractivity (Wildman–Crippen MR) is 97.9 cm³/mol. The normalized spacial score (nSPS) is 25.5. The van der Waals surface area contributed by atoms with Crippen molar-refractivity contribution >= 4 is 27.2 Å². The number of urea groups is 1. The smallest absolute Gasteiger partial charge is 0.319 e. The standard InChI is InChI=1S/C17H24FN3O4S/c1-12-2-4-14(11-26(12,23)24)19-17(22)20-15-5-3-13(18)10-16(15)21-6-8-25-9-7-21/h3,5,10,12,14H,2,4,6-9,11H2,1H3,(H2,19,20,22). The Hall–Kier alpha value is -1.87. The third-order valence-electron chi connectivity index (χ3n) is 4.86. The maximum atomic E-state index is 13.7. The van der Waals surface area contributed by atoms with Crippen LogP contribution < -0.4 is 15.5 Å². The van der Waals surface area contributed by atoms with Gasteiger partial charge >= 0.3 is 6.03 Å². The molecule has 2 saturated heterocycles. The van der Waals surface area contributed by atoms with Crippen molar-refractivity contribution in [2.75, 3.05) is 42.3 Å². The van der Waals surface area contributed by atoms with Crippen LogP contribution in [0.25, 0.3) is 0 Å². The molecule has 2 amide bonds. The second-order valence-electron chi connectivity index (χ2n) is 6.77. The van der Waals surface area contributed by atoms with Crippen LogP contribution in [0.4, 0.5) is 20.6 Å². The van der Waals surface area contributed by atoms with Crippen LogP contribution in [0.2, 0.25) is 0 Å². The number of hydrogen-bond acceptors (Lipinski definition) is 5. The van der Waals surface area contributed by atoms with Gasteiger partial charge in [-0.15, -0.1) is 0 Å². The third-order valence-corrected chi connectivity index (χ3v) is 7.19. The molecule has 0 spiro atoms. The Morgan fingerprint density at radius 1 is 1.27 bits per heavy atom. The van der Waals surface area contributed by atoms with Crippen LogP contribution in [0.3, 0.4) is 0 Å². The van der Waals surface area contributed by atoms with Gasteiger partial charge < -0.3 is 20.3 Å². The maximum Gasteiger partial charge on any atom is 0.319 e. The van der Waals surface area contributed by atoms with Crippen molar-refractivity contribution in [3.8, 4) is 0 Å². The summed E-state index contributed by atoms with van der Waals surface area (Å²) in [5, 5.41) is 5.08. The molecular weight excluding hydrogens is 361 g/mol. The van der Waals surface area contributed by atoms with E-state index in [9.17, 15) is 17.6 Å². The number of halogens is 1. The lowest BCUT2D eigenvalue weighted by Gasteiger charge is -2.31. The first-order valence-corrected chi connectivity index (χ1v) is 10.5. The average Bonchev–Trinajstić information content (AvgIpc) is 2.60. The van der Waals surface area contributed by atoms with E-state index in [2.05, 4.69) is 10.6 Å². The van der Waals surface area contributed by atoms with E-state index in [1.54, 1.807) is 6.92 Å². The number of anilines is 2. The van der Waals surface area contributed by atoms with Crippen molar-refractivity contribution in [1.29, 1.82) is 0 Å². The van der Waals surface area contributed by atoms with E-state index in [0.717, 1.165) is 0 Å². The second kappa shape index (κ2) is 7.79. The van der Waals surface area contributed by atoms with E-state index in [-0.39, 0.29) is 16.8 Å². The third kappa shape index (κ3) is 4.45. The molecular formula is C17H24FN3O4S. The number of sulfone groups is 1. The molecule has 2 heterocycles. The highest BCUT2D eigenvalue weighted by Gasteiger charge is 2.32. The minimum atomic E-state index is -3.17. The van der Waals surface area contributed by atoms with E-state index in [1.165, 1.54) is 18.2 Å². The minimum absolute atomic E-state index is 0.0542. The van der Waals surface area contributed by atoms with Crippen LogP contribution >= 0.6 is 0 Å². The fourth-order valence-electron chi connectivity index (χ4n) is 3.28. The van der Waals surface area contributed by atoms with Crippen LogP contribution in [-0.4, -0.2) is 57.8 Å². The summed E-state index contributed by atoms with van der Waals surface area (Å²) in [7, 11) is -3.17. The number of nitrogens with one attached hydrogen (secondary N) is 2. The summed E-state index contributed by atoms with van der Waals surface area (Å²) in [5.41, 5.74) is 1.08. The van der Waals surface area contributed by atoms with Crippen LogP contribution in [0.15, 0.2) is 18.2 Å². The topological polar surface area (TPSA) is 87.7 Å². The lowest BCUT2D eigenvalue weighted by atomic mass is 10.1. The van der Waals surface area contributed by atoms with E-state index in [4.69, 9.17) is 4.74 Å². The van der Waals surface area contributed by atoms with Crippen molar-refractivity contribution in [2.24, 2.45) is 0 Å². The Morgan fingerprint density at radius 3 is 2.69 bits per heavy atom. The molecule has 2 aliphatic rings.